The summed E-state index contributed by atoms with van der Waals surface area (Å²) < 4.78 is 13.3. The number of halogens is 1. The lowest BCUT2D eigenvalue weighted by molar-refractivity contribution is 0.0450. The van der Waals surface area contributed by atoms with E-state index in [1.54, 1.807) is 30.5 Å². The fourth-order valence-corrected chi connectivity index (χ4v) is 2.94. The number of hydrogen-bond donors (Lipinski definition) is 3. The van der Waals surface area contributed by atoms with Gasteiger partial charge in [0.2, 0.25) is 0 Å². The van der Waals surface area contributed by atoms with E-state index in [1.165, 1.54) is 12.1 Å². The Bertz CT molecular complexity index is 730. The zero-order valence-electron chi connectivity index (χ0n) is 13.3. The number of carbonyl (C=O) groups excluding carboxylic acids is 1. The monoisotopic (exact) mass is 329 g/mol. The van der Waals surface area contributed by atoms with E-state index in [0.29, 0.717) is 29.9 Å². The van der Waals surface area contributed by atoms with Crippen molar-refractivity contribution >= 4 is 17.4 Å². The van der Waals surface area contributed by atoms with E-state index in [-0.39, 0.29) is 18.3 Å². The van der Waals surface area contributed by atoms with Crippen molar-refractivity contribution in [2.75, 3.05) is 11.9 Å². The SMILES string of the molecule is O=C(NCC1(O)CCCC1)c1cccnc1Nc1cccc(F)c1. The molecule has 0 bridgehead atoms. The topological polar surface area (TPSA) is 74.2 Å². The number of benzene rings is 1. The maximum absolute atomic E-state index is 13.3. The molecule has 0 unspecified atom stereocenters. The Morgan fingerprint density at radius 2 is 2.04 bits per heavy atom. The van der Waals surface area contributed by atoms with Crippen molar-refractivity contribution in [3.8, 4) is 0 Å². The molecule has 2 aromatic rings. The lowest BCUT2D eigenvalue weighted by Crippen LogP contribution is -2.40. The zero-order chi connectivity index (χ0) is 17.0. The van der Waals surface area contributed by atoms with Crippen LogP contribution in [0.25, 0.3) is 0 Å². The molecule has 1 saturated carbocycles. The maximum Gasteiger partial charge on any atom is 0.255 e. The largest absolute Gasteiger partial charge is 0.388 e. The molecular weight excluding hydrogens is 309 g/mol. The van der Waals surface area contributed by atoms with Crippen LogP contribution in [0, 0.1) is 5.82 Å². The molecule has 24 heavy (non-hydrogen) atoms. The van der Waals surface area contributed by atoms with Crippen LogP contribution in [0.2, 0.25) is 0 Å². The third-order valence-corrected chi connectivity index (χ3v) is 4.25. The molecule has 3 rings (SSSR count). The van der Waals surface area contributed by atoms with Gasteiger partial charge in [-0.05, 0) is 43.2 Å². The minimum absolute atomic E-state index is 0.222. The average molecular weight is 329 g/mol. The minimum Gasteiger partial charge on any atom is -0.388 e. The lowest BCUT2D eigenvalue weighted by Gasteiger charge is -2.22. The van der Waals surface area contributed by atoms with Crippen LogP contribution in [0.15, 0.2) is 42.6 Å². The first kappa shape index (κ1) is 16.4. The highest BCUT2D eigenvalue weighted by Crippen LogP contribution is 2.28. The number of nitrogens with one attached hydrogen (secondary N) is 2. The van der Waals surface area contributed by atoms with Crippen LogP contribution in [0.3, 0.4) is 0 Å². The number of amides is 1. The van der Waals surface area contributed by atoms with Gasteiger partial charge in [0.25, 0.3) is 5.91 Å². The number of rotatable bonds is 5. The van der Waals surface area contributed by atoms with Gasteiger partial charge < -0.3 is 15.7 Å². The number of pyridine rings is 1. The number of aliphatic hydroxyl groups is 1. The normalized spacial score (nSPS) is 15.9. The van der Waals surface area contributed by atoms with Crippen molar-refractivity contribution in [3.05, 3.63) is 54.0 Å². The first-order valence-electron chi connectivity index (χ1n) is 8.04. The Balaban J connectivity index is 1.72. The van der Waals surface area contributed by atoms with Crippen molar-refractivity contribution in [1.29, 1.82) is 0 Å². The van der Waals surface area contributed by atoms with Crippen molar-refractivity contribution in [3.63, 3.8) is 0 Å². The molecule has 1 aliphatic carbocycles. The van der Waals surface area contributed by atoms with Crippen LogP contribution < -0.4 is 10.6 Å². The zero-order valence-corrected chi connectivity index (χ0v) is 13.3. The number of carbonyl (C=O) groups is 1. The van der Waals surface area contributed by atoms with Crippen LogP contribution >= 0.6 is 0 Å². The van der Waals surface area contributed by atoms with Gasteiger partial charge in [-0.1, -0.05) is 18.9 Å². The molecule has 1 amide bonds. The summed E-state index contributed by atoms with van der Waals surface area (Å²) in [5, 5.41) is 16.1. The first-order chi connectivity index (χ1) is 11.6. The van der Waals surface area contributed by atoms with Crippen LogP contribution in [0.4, 0.5) is 15.9 Å². The summed E-state index contributed by atoms with van der Waals surface area (Å²) in [4.78, 5) is 16.6. The number of aromatic nitrogens is 1. The van der Waals surface area contributed by atoms with Crippen LogP contribution in [0.1, 0.15) is 36.0 Å². The number of hydrogen-bond acceptors (Lipinski definition) is 4. The van der Waals surface area contributed by atoms with Gasteiger partial charge in [-0.25, -0.2) is 9.37 Å². The van der Waals surface area contributed by atoms with Crippen molar-refractivity contribution in [1.82, 2.24) is 10.3 Å². The van der Waals surface area contributed by atoms with E-state index < -0.39 is 5.60 Å². The van der Waals surface area contributed by atoms with Gasteiger partial charge in [0.05, 0.1) is 11.2 Å². The smallest absolute Gasteiger partial charge is 0.255 e. The molecule has 1 aromatic carbocycles. The highest BCUT2D eigenvalue weighted by Gasteiger charge is 2.31. The quantitative estimate of drug-likeness (QED) is 0.788. The molecule has 1 heterocycles. The molecule has 6 heteroatoms. The Labute approximate surface area is 139 Å². The number of anilines is 2. The van der Waals surface area contributed by atoms with E-state index >= 15 is 0 Å². The van der Waals surface area contributed by atoms with E-state index in [1.807, 2.05) is 0 Å². The molecule has 0 atom stereocenters. The summed E-state index contributed by atoms with van der Waals surface area (Å²) in [6, 6.07) is 9.26. The molecule has 1 aliphatic rings. The van der Waals surface area contributed by atoms with Gasteiger partial charge in [-0.15, -0.1) is 0 Å². The molecule has 0 spiro atoms. The Morgan fingerprint density at radius 1 is 1.25 bits per heavy atom. The molecule has 3 N–H and O–H groups in total. The summed E-state index contributed by atoms with van der Waals surface area (Å²) in [6.07, 6.45) is 4.92. The molecule has 5 nitrogen and oxygen atoms in total. The van der Waals surface area contributed by atoms with E-state index in [0.717, 1.165) is 12.8 Å². The third kappa shape index (κ3) is 3.89. The van der Waals surface area contributed by atoms with Crippen molar-refractivity contribution in [2.24, 2.45) is 0 Å². The Hall–Kier alpha value is -2.47. The summed E-state index contributed by atoms with van der Waals surface area (Å²) in [6.45, 7) is 0.222. The molecule has 126 valence electrons. The molecule has 0 aliphatic heterocycles. The second-order valence-corrected chi connectivity index (χ2v) is 6.15. The standard InChI is InChI=1S/C18H20FN3O2/c19-13-5-3-6-14(11-13)22-16-15(7-4-10-20-16)17(23)21-12-18(24)8-1-2-9-18/h3-7,10-11,24H,1-2,8-9,12H2,(H,20,22)(H,21,23). The first-order valence-corrected chi connectivity index (χ1v) is 8.04. The minimum atomic E-state index is -0.811. The second kappa shape index (κ2) is 6.97. The Morgan fingerprint density at radius 3 is 2.79 bits per heavy atom. The highest BCUT2D eigenvalue weighted by molar-refractivity contribution is 5.99. The number of nitrogens with zero attached hydrogens (tertiary/aromatic N) is 1. The second-order valence-electron chi connectivity index (χ2n) is 6.15. The van der Waals surface area contributed by atoms with Crippen molar-refractivity contribution < 1.29 is 14.3 Å². The highest BCUT2D eigenvalue weighted by atomic mass is 19.1. The average Bonchev–Trinajstić information content (AvgIpc) is 3.00. The summed E-state index contributed by atoms with van der Waals surface area (Å²) in [7, 11) is 0. The fourth-order valence-electron chi connectivity index (χ4n) is 2.94. The molecule has 1 fully saturated rings. The summed E-state index contributed by atoms with van der Waals surface area (Å²) in [5.41, 5.74) is 0.0501. The van der Waals surface area contributed by atoms with Gasteiger partial charge >= 0.3 is 0 Å². The Kier molecular flexibility index (Phi) is 4.76. The van der Waals surface area contributed by atoms with Crippen LogP contribution in [0.5, 0.6) is 0 Å². The molecule has 1 aromatic heterocycles. The predicted molar refractivity (Wildman–Crippen MR) is 89.7 cm³/mol. The predicted octanol–water partition coefficient (Wildman–Crippen LogP) is 3.00. The van der Waals surface area contributed by atoms with Gasteiger partial charge in [0.15, 0.2) is 0 Å². The third-order valence-electron chi connectivity index (χ3n) is 4.25. The van der Waals surface area contributed by atoms with E-state index in [9.17, 15) is 14.3 Å². The van der Waals surface area contributed by atoms with Crippen molar-refractivity contribution in [2.45, 2.75) is 31.3 Å². The lowest BCUT2D eigenvalue weighted by atomic mass is 10.0. The summed E-state index contributed by atoms with van der Waals surface area (Å²) in [5.74, 6) is -0.341. The van der Waals surface area contributed by atoms with Gasteiger partial charge in [0.1, 0.15) is 11.6 Å². The van der Waals surface area contributed by atoms with E-state index in [4.69, 9.17) is 0 Å². The van der Waals surface area contributed by atoms with Gasteiger partial charge in [-0.2, -0.15) is 0 Å². The maximum atomic E-state index is 13.3. The fraction of sp³-hybridized carbons (Fsp3) is 0.333. The summed E-state index contributed by atoms with van der Waals surface area (Å²) >= 11 is 0. The molecule has 0 saturated heterocycles. The van der Waals surface area contributed by atoms with Gasteiger partial charge in [-0.3, -0.25) is 4.79 Å². The molecular formula is C18H20FN3O2. The van der Waals surface area contributed by atoms with E-state index in [2.05, 4.69) is 15.6 Å². The van der Waals surface area contributed by atoms with Gasteiger partial charge in [0, 0.05) is 18.4 Å². The van der Waals surface area contributed by atoms with Crippen LogP contribution in [-0.2, 0) is 0 Å². The van der Waals surface area contributed by atoms with Crippen LogP contribution in [-0.4, -0.2) is 28.1 Å². The molecule has 0 radical (unpaired) electrons.